The molecule has 0 radical (unpaired) electrons. The lowest BCUT2D eigenvalue weighted by atomic mass is 10.1. The van der Waals surface area contributed by atoms with Gasteiger partial charge in [-0.15, -0.1) is 0 Å². The summed E-state index contributed by atoms with van der Waals surface area (Å²) in [5.74, 6) is -5.32. The molecule has 13 heteroatoms. The van der Waals surface area contributed by atoms with E-state index in [-0.39, 0.29) is 13.2 Å². The van der Waals surface area contributed by atoms with E-state index in [9.17, 15) is 33.2 Å². The van der Waals surface area contributed by atoms with Crippen LogP contribution in [0.4, 0.5) is 8.78 Å². The third-order valence-electron chi connectivity index (χ3n) is 2.60. The van der Waals surface area contributed by atoms with Crippen LogP contribution in [0.1, 0.15) is 12.8 Å². The second kappa shape index (κ2) is 9.46. The standard InChI is InChI=1S/C11H12F2O10S/c12-11(13,24-23-22-18)10(17)21-5-7(14)3-8(15)20-4-6-1-2-19-9(6)16/h6,18H,1-5H2/p-1. The van der Waals surface area contributed by atoms with E-state index < -0.39 is 59.9 Å². The highest BCUT2D eigenvalue weighted by Crippen LogP contribution is 2.30. The van der Waals surface area contributed by atoms with Crippen molar-refractivity contribution >= 4 is 35.7 Å². The largest absolute Gasteiger partial charge is 0.691 e. The first kappa shape index (κ1) is 20.2. The smallest absolute Gasteiger partial charge is 0.415 e. The van der Waals surface area contributed by atoms with Crippen molar-refractivity contribution in [1.29, 1.82) is 0 Å². The first-order valence-corrected chi connectivity index (χ1v) is 7.03. The molecule has 1 rings (SSSR count). The van der Waals surface area contributed by atoms with E-state index in [0.717, 1.165) is 0 Å². The van der Waals surface area contributed by atoms with Gasteiger partial charge in [-0.3, -0.25) is 19.4 Å². The molecular weight excluding hydrogens is 362 g/mol. The van der Waals surface area contributed by atoms with Gasteiger partial charge in [0.05, 0.1) is 12.5 Å². The zero-order valence-corrected chi connectivity index (χ0v) is 12.7. The Morgan fingerprint density at radius 1 is 1.33 bits per heavy atom. The van der Waals surface area contributed by atoms with Crippen molar-refractivity contribution in [1.82, 2.24) is 0 Å². The lowest BCUT2D eigenvalue weighted by molar-refractivity contribution is -0.777. The van der Waals surface area contributed by atoms with Gasteiger partial charge < -0.3 is 19.5 Å². The SMILES string of the molecule is O=C(COC(=O)C(F)(F)SOO[O-])CC(=O)OCC1CCOC1=O. The van der Waals surface area contributed by atoms with E-state index in [2.05, 4.69) is 23.6 Å². The molecule has 0 N–H and O–H groups in total. The maximum absolute atomic E-state index is 12.9. The third kappa shape index (κ3) is 6.74. The Kier molecular flexibility index (Phi) is 7.97. The summed E-state index contributed by atoms with van der Waals surface area (Å²) in [6, 6.07) is 0. The van der Waals surface area contributed by atoms with Gasteiger partial charge in [0.1, 0.15) is 25.1 Å². The van der Waals surface area contributed by atoms with Gasteiger partial charge in [0, 0.05) is 0 Å². The number of alkyl halides is 2. The van der Waals surface area contributed by atoms with Gasteiger partial charge >= 0.3 is 23.2 Å². The van der Waals surface area contributed by atoms with Gasteiger partial charge in [0.15, 0.2) is 12.4 Å². The van der Waals surface area contributed by atoms with Crippen LogP contribution in [0.5, 0.6) is 0 Å². The molecule has 136 valence electrons. The lowest BCUT2D eigenvalue weighted by Gasteiger charge is -2.13. The Balaban J connectivity index is 2.26. The molecule has 0 spiro atoms. The van der Waals surface area contributed by atoms with Crippen LogP contribution in [-0.2, 0) is 42.8 Å². The van der Waals surface area contributed by atoms with Crippen LogP contribution in [0.25, 0.3) is 0 Å². The average Bonchev–Trinajstić information content (AvgIpc) is 2.93. The van der Waals surface area contributed by atoms with Crippen molar-refractivity contribution in [2.45, 2.75) is 18.1 Å². The normalized spacial score (nSPS) is 17.3. The van der Waals surface area contributed by atoms with E-state index >= 15 is 0 Å². The fourth-order valence-electron chi connectivity index (χ4n) is 1.47. The van der Waals surface area contributed by atoms with E-state index in [1.54, 1.807) is 0 Å². The second-order valence-corrected chi connectivity index (χ2v) is 5.18. The summed E-state index contributed by atoms with van der Waals surface area (Å²) < 4.78 is 42.5. The molecule has 0 aromatic rings. The van der Waals surface area contributed by atoms with Crippen LogP contribution in [0.15, 0.2) is 0 Å². The summed E-state index contributed by atoms with van der Waals surface area (Å²) in [6.07, 6.45) is -0.465. The fourth-order valence-corrected chi connectivity index (χ4v) is 1.71. The number of cyclic esters (lactones) is 1. The minimum atomic E-state index is -4.28. The number of carbonyl (C=O) groups excluding carboxylic acids is 4. The Morgan fingerprint density at radius 3 is 2.62 bits per heavy atom. The van der Waals surface area contributed by atoms with Gasteiger partial charge in [-0.2, -0.15) is 13.1 Å². The molecule has 1 fully saturated rings. The predicted octanol–water partition coefficient (Wildman–Crippen LogP) is -0.940. The minimum Gasteiger partial charge on any atom is -0.691 e. The molecule has 1 atom stereocenters. The maximum Gasteiger partial charge on any atom is 0.415 e. The van der Waals surface area contributed by atoms with E-state index in [1.807, 2.05) is 0 Å². The van der Waals surface area contributed by atoms with Crippen LogP contribution in [0.2, 0.25) is 0 Å². The number of esters is 3. The molecule has 1 aliphatic rings. The summed E-state index contributed by atoms with van der Waals surface area (Å²) in [5.41, 5.74) is 0. The van der Waals surface area contributed by atoms with Gasteiger partial charge in [-0.05, 0) is 6.42 Å². The van der Waals surface area contributed by atoms with Crippen molar-refractivity contribution in [3.63, 3.8) is 0 Å². The zero-order chi connectivity index (χ0) is 18.2. The van der Waals surface area contributed by atoms with Crippen molar-refractivity contribution in [3.05, 3.63) is 0 Å². The van der Waals surface area contributed by atoms with Crippen LogP contribution < -0.4 is 5.26 Å². The number of ketones is 1. The third-order valence-corrected chi connectivity index (χ3v) is 3.10. The van der Waals surface area contributed by atoms with Crippen molar-refractivity contribution in [2.24, 2.45) is 5.92 Å². The highest BCUT2D eigenvalue weighted by Gasteiger charge is 2.44. The number of hydrogen-bond donors (Lipinski definition) is 0. The quantitative estimate of drug-likeness (QED) is 0.117. The molecule has 1 heterocycles. The van der Waals surface area contributed by atoms with Crippen LogP contribution in [0.3, 0.4) is 0 Å². The Labute approximate surface area is 137 Å². The van der Waals surface area contributed by atoms with Crippen LogP contribution in [-0.4, -0.2) is 48.8 Å². The summed E-state index contributed by atoms with van der Waals surface area (Å²) in [4.78, 5) is 44.7. The number of ether oxygens (including phenoxy) is 3. The van der Waals surface area contributed by atoms with Gasteiger partial charge in [0.2, 0.25) is 0 Å². The summed E-state index contributed by atoms with van der Waals surface area (Å²) in [7, 11) is 0. The molecule has 0 aromatic heterocycles. The number of Topliss-reactive ketones (excluding diaryl/α,β-unsaturated/α-hetero) is 1. The Morgan fingerprint density at radius 2 is 2.04 bits per heavy atom. The first-order chi connectivity index (χ1) is 11.3. The van der Waals surface area contributed by atoms with Gasteiger partial charge in [0.25, 0.3) is 0 Å². The van der Waals surface area contributed by atoms with Gasteiger partial charge in [-0.25, -0.2) is 4.79 Å². The molecule has 1 saturated heterocycles. The Bertz CT molecular complexity index is 497. The summed E-state index contributed by atoms with van der Waals surface area (Å²) in [5, 5.41) is 7.76. The van der Waals surface area contributed by atoms with Crippen molar-refractivity contribution in [2.75, 3.05) is 19.8 Å². The summed E-state index contributed by atoms with van der Waals surface area (Å²) in [6.45, 7) is -1.18. The van der Waals surface area contributed by atoms with E-state index in [1.165, 1.54) is 0 Å². The second-order valence-electron chi connectivity index (χ2n) is 4.36. The summed E-state index contributed by atoms with van der Waals surface area (Å²) >= 11 is -0.914. The van der Waals surface area contributed by atoms with E-state index in [4.69, 9.17) is 0 Å². The van der Waals surface area contributed by atoms with Crippen LogP contribution in [0, 0.1) is 5.92 Å². The fraction of sp³-hybridized carbons (Fsp3) is 0.636. The van der Waals surface area contributed by atoms with Gasteiger partial charge in [-0.1, -0.05) is 0 Å². The van der Waals surface area contributed by atoms with Crippen LogP contribution >= 0.6 is 12.0 Å². The molecule has 0 amide bonds. The lowest BCUT2D eigenvalue weighted by Crippen LogP contribution is -2.30. The topological polar surface area (TPSA) is 137 Å². The maximum atomic E-state index is 12.9. The number of halogens is 2. The average molecular weight is 373 g/mol. The Hall–Kier alpha value is -1.83. The molecular formula is C11H11F2O10S-. The molecule has 0 saturated carbocycles. The minimum absolute atomic E-state index is 0.212. The highest BCUT2D eigenvalue weighted by atomic mass is 32.2. The molecule has 0 aromatic carbocycles. The molecule has 1 unspecified atom stereocenters. The number of hydrogen-bond acceptors (Lipinski definition) is 11. The molecule has 1 aliphatic heterocycles. The predicted molar refractivity (Wildman–Crippen MR) is 65.3 cm³/mol. The molecule has 0 bridgehead atoms. The number of carbonyl (C=O) groups is 4. The van der Waals surface area contributed by atoms with E-state index in [0.29, 0.717) is 6.42 Å². The highest BCUT2D eigenvalue weighted by molar-refractivity contribution is 7.96. The molecule has 10 nitrogen and oxygen atoms in total. The molecule has 0 aliphatic carbocycles. The first-order valence-electron chi connectivity index (χ1n) is 6.29. The molecule has 24 heavy (non-hydrogen) atoms. The van der Waals surface area contributed by atoms with Crippen molar-refractivity contribution in [3.8, 4) is 0 Å². The zero-order valence-electron chi connectivity index (χ0n) is 11.9. The monoisotopic (exact) mass is 373 g/mol. The van der Waals surface area contributed by atoms with Crippen molar-refractivity contribution < 1.29 is 56.8 Å². The number of rotatable bonds is 10.